The number of rotatable bonds is 3. The number of hydrogen-bond acceptors (Lipinski definition) is 3. The smallest absolute Gasteiger partial charge is 0.0351 e. The number of benzene rings is 1. The molecule has 2 aliphatic heterocycles. The third-order valence-corrected chi connectivity index (χ3v) is 6.25. The first-order chi connectivity index (χ1) is 11.4. The molecule has 0 amide bonds. The summed E-state index contributed by atoms with van der Waals surface area (Å²) in [6, 6.07) is 14.9. The van der Waals surface area contributed by atoms with Gasteiger partial charge in [0.2, 0.25) is 0 Å². The van der Waals surface area contributed by atoms with Gasteiger partial charge in [0.15, 0.2) is 0 Å². The molecule has 3 heterocycles. The molecule has 2 saturated heterocycles. The fraction of sp³-hybridized carbons (Fsp3) is 0.450. The minimum atomic E-state index is 0.647. The normalized spacial score (nSPS) is 25.0. The van der Waals surface area contributed by atoms with Crippen LogP contribution in [-0.4, -0.2) is 22.5 Å². The van der Waals surface area contributed by atoms with Gasteiger partial charge in [-0.1, -0.05) is 30.3 Å². The molecule has 3 heteroatoms. The second kappa shape index (κ2) is 7.06. The molecule has 0 saturated carbocycles. The molecular weight excluding hydrogens is 300 g/mol. The summed E-state index contributed by atoms with van der Waals surface area (Å²) in [6.07, 6.45) is 12.1. The predicted octanol–water partition coefficient (Wildman–Crippen LogP) is 5.31. The first-order valence-corrected chi connectivity index (χ1v) is 9.65. The molecule has 2 atom stereocenters. The van der Waals surface area contributed by atoms with Gasteiger partial charge in [-0.2, -0.15) is 0 Å². The van der Waals surface area contributed by atoms with Crippen molar-refractivity contribution in [3.05, 3.63) is 54.4 Å². The molecule has 0 bridgehead atoms. The zero-order chi connectivity index (χ0) is 15.5. The lowest BCUT2D eigenvalue weighted by Crippen LogP contribution is -2.44. The Morgan fingerprint density at radius 2 is 1.57 bits per heavy atom. The Balaban J connectivity index is 1.49. The van der Waals surface area contributed by atoms with Crippen LogP contribution in [0.3, 0.4) is 0 Å². The average Bonchev–Trinajstić information content (AvgIpc) is 2.63. The maximum absolute atomic E-state index is 4.08. The Bertz CT molecular complexity index is 624. The minimum absolute atomic E-state index is 0.647. The molecule has 2 nitrogen and oxygen atoms in total. The van der Waals surface area contributed by atoms with E-state index in [-0.39, 0.29) is 0 Å². The summed E-state index contributed by atoms with van der Waals surface area (Å²) >= 11 is 1.81. The van der Waals surface area contributed by atoms with Crippen molar-refractivity contribution in [1.29, 1.82) is 0 Å². The standard InChI is InChI=1S/C20H24N2S/c1-2-15-22-17(4-1)5-3-6-20(22)16-7-9-18(10-8-16)23-19-11-13-21-14-12-19/h7-14,17,20H,1-6,15H2. The van der Waals surface area contributed by atoms with Crippen LogP contribution in [0.25, 0.3) is 0 Å². The number of nitrogens with zero attached hydrogens (tertiary/aromatic N) is 2. The van der Waals surface area contributed by atoms with Crippen molar-refractivity contribution in [1.82, 2.24) is 9.88 Å². The lowest BCUT2D eigenvalue weighted by atomic mass is 9.86. The highest BCUT2D eigenvalue weighted by Gasteiger charge is 2.32. The predicted molar refractivity (Wildman–Crippen MR) is 95.7 cm³/mol. The maximum atomic E-state index is 4.08. The van der Waals surface area contributed by atoms with Crippen LogP contribution in [0.2, 0.25) is 0 Å². The largest absolute Gasteiger partial charge is 0.293 e. The van der Waals surface area contributed by atoms with E-state index in [0.717, 1.165) is 6.04 Å². The lowest BCUT2D eigenvalue weighted by molar-refractivity contribution is 0.0518. The molecule has 1 aromatic heterocycles. The van der Waals surface area contributed by atoms with Crippen LogP contribution >= 0.6 is 11.8 Å². The zero-order valence-corrected chi connectivity index (χ0v) is 14.3. The van der Waals surface area contributed by atoms with E-state index in [1.807, 2.05) is 24.2 Å². The maximum Gasteiger partial charge on any atom is 0.0351 e. The van der Waals surface area contributed by atoms with Crippen molar-refractivity contribution in [3.63, 3.8) is 0 Å². The van der Waals surface area contributed by atoms with E-state index >= 15 is 0 Å². The van der Waals surface area contributed by atoms with E-state index < -0.39 is 0 Å². The minimum Gasteiger partial charge on any atom is -0.293 e. The summed E-state index contributed by atoms with van der Waals surface area (Å²) in [5, 5.41) is 0. The summed E-state index contributed by atoms with van der Waals surface area (Å²) in [7, 11) is 0. The molecular formula is C20H24N2S. The molecule has 0 aliphatic carbocycles. The molecule has 0 spiro atoms. The van der Waals surface area contributed by atoms with Gasteiger partial charge in [-0.05, 0) is 68.5 Å². The first-order valence-electron chi connectivity index (χ1n) is 8.84. The van der Waals surface area contributed by atoms with Crippen LogP contribution in [0.4, 0.5) is 0 Å². The third kappa shape index (κ3) is 3.46. The number of fused-ring (bicyclic) bond motifs is 1. The zero-order valence-electron chi connectivity index (χ0n) is 13.5. The summed E-state index contributed by atoms with van der Waals surface area (Å²) < 4.78 is 0. The van der Waals surface area contributed by atoms with Crippen molar-refractivity contribution in [3.8, 4) is 0 Å². The van der Waals surface area contributed by atoms with Gasteiger partial charge in [-0.25, -0.2) is 0 Å². The fourth-order valence-electron chi connectivity index (χ4n) is 4.11. The number of hydrogen-bond donors (Lipinski definition) is 0. The van der Waals surface area contributed by atoms with E-state index in [9.17, 15) is 0 Å². The van der Waals surface area contributed by atoms with Crippen molar-refractivity contribution in [2.45, 2.75) is 60.4 Å². The third-order valence-electron chi connectivity index (χ3n) is 5.24. The Labute approximate surface area is 143 Å². The summed E-state index contributed by atoms with van der Waals surface area (Å²) in [5.74, 6) is 0. The average molecular weight is 324 g/mol. The molecule has 1 aromatic carbocycles. The molecule has 23 heavy (non-hydrogen) atoms. The molecule has 2 fully saturated rings. The Morgan fingerprint density at radius 1 is 0.826 bits per heavy atom. The van der Waals surface area contributed by atoms with Crippen molar-refractivity contribution < 1.29 is 0 Å². The van der Waals surface area contributed by atoms with Gasteiger partial charge in [0, 0.05) is 34.3 Å². The Hall–Kier alpha value is -1.32. The van der Waals surface area contributed by atoms with Crippen LogP contribution < -0.4 is 0 Å². The SMILES string of the molecule is c1cc(Sc2ccc(C3CCCC4CCCCN43)cc2)ccn1. The number of pyridine rings is 1. The lowest BCUT2D eigenvalue weighted by Gasteiger charge is -2.45. The molecule has 120 valence electrons. The molecule has 2 aromatic rings. The monoisotopic (exact) mass is 324 g/mol. The van der Waals surface area contributed by atoms with Crippen LogP contribution in [-0.2, 0) is 0 Å². The van der Waals surface area contributed by atoms with Crippen molar-refractivity contribution in [2.24, 2.45) is 0 Å². The van der Waals surface area contributed by atoms with Gasteiger partial charge in [0.05, 0.1) is 0 Å². The second-order valence-electron chi connectivity index (χ2n) is 6.69. The van der Waals surface area contributed by atoms with E-state index in [0.29, 0.717) is 6.04 Å². The van der Waals surface area contributed by atoms with Gasteiger partial charge in [0.1, 0.15) is 0 Å². The quantitative estimate of drug-likeness (QED) is 0.761. The van der Waals surface area contributed by atoms with E-state index in [1.165, 1.54) is 60.4 Å². The molecule has 2 aliphatic rings. The fourth-order valence-corrected chi connectivity index (χ4v) is 4.92. The molecule has 4 rings (SSSR count). The summed E-state index contributed by atoms with van der Waals surface area (Å²) in [6.45, 7) is 1.29. The molecule has 0 N–H and O–H groups in total. The van der Waals surface area contributed by atoms with E-state index in [1.54, 1.807) is 0 Å². The second-order valence-corrected chi connectivity index (χ2v) is 7.84. The van der Waals surface area contributed by atoms with Crippen LogP contribution in [0.5, 0.6) is 0 Å². The number of aromatic nitrogens is 1. The van der Waals surface area contributed by atoms with Crippen LogP contribution in [0.15, 0.2) is 58.6 Å². The Morgan fingerprint density at radius 3 is 2.39 bits per heavy atom. The van der Waals surface area contributed by atoms with Crippen LogP contribution in [0.1, 0.15) is 50.1 Å². The Kier molecular flexibility index (Phi) is 4.67. The van der Waals surface area contributed by atoms with Crippen LogP contribution in [0, 0.1) is 0 Å². The van der Waals surface area contributed by atoms with E-state index in [4.69, 9.17) is 0 Å². The highest BCUT2D eigenvalue weighted by atomic mass is 32.2. The van der Waals surface area contributed by atoms with Crippen molar-refractivity contribution in [2.75, 3.05) is 6.54 Å². The van der Waals surface area contributed by atoms with E-state index in [2.05, 4.69) is 46.3 Å². The van der Waals surface area contributed by atoms with Gasteiger partial charge in [-0.3, -0.25) is 9.88 Å². The molecule has 2 unspecified atom stereocenters. The van der Waals surface area contributed by atoms with Gasteiger partial charge in [-0.15, -0.1) is 0 Å². The topological polar surface area (TPSA) is 16.1 Å². The van der Waals surface area contributed by atoms with Gasteiger partial charge < -0.3 is 0 Å². The number of piperidine rings is 2. The summed E-state index contributed by atoms with van der Waals surface area (Å²) in [5.41, 5.74) is 1.51. The highest BCUT2D eigenvalue weighted by molar-refractivity contribution is 7.99. The van der Waals surface area contributed by atoms with Gasteiger partial charge in [0.25, 0.3) is 0 Å². The summed E-state index contributed by atoms with van der Waals surface area (Å²) in [4.78, 5) is 9.43. The first kappa shape index (κ1) is 15.2. The molecule has 0 radical (unpaired) electrons. The van der Waals surface area contributed by atoms with Crippen molar-refractivity contribution >= 4 is 11.8 Å². The van der Waals surface area contributed by atoms with Gasteiger partial charge >= 0.3 is 0 Å². The highest BCUT2D eigenvalue weighted by Crippen LogP contribution is 2.39.